The van der Waals surface area contributed by atoms with Crippen LogP contribution in [0.15, 0.2) is 42.5 Å². The van der Waals surface area contributed by atoms with Gasteiger partial charge in [-0.1, -0.05) is 42.1 Å². The summed E-state index contributed by atoms with van der Waals surface area (Å²) in [6.07, 6.45) is 0.667. The Kier molecular flexibility index (Phi) is 10.2. The maximum atomic E-state index is 15.3. The minimum atomic E-state index is -3.79. The molecule has 1 aliphatic carbocycles. The predicted octanol–water partition coefficient (Wildman–Crippen LogP) is 6.29. The fraction of sp³-hybridized carbons (Fsp3) is 0.333. The standard InChI is InChI=1S/C36H33Cl2F4N7O4S/c1-18-12-25-32(36(18,41)42)49(45-33(25)38)17-28(50)44-27(15-19-13-20(39)16-21(40)14-19)30-23(7-6-22(43-30)10-11-35(2,3)51)24-8-9-26(37)29-31(24)48(4)46-34(29)47-54(5,52)53/h6-9,13-14,16,18,27,51H,12,15,17H2,1-5H3,(H,44,50)(H,46,47)/t18-,27+/m1/s1. The van der Waals surface area contributed by atoms with E-state index in [9.17, 15) is 27.1 Å². The number of nitrogens with zero attached hydrogens (tertiary/aromatic N) is 5. The molecule has 0 radical (unpaired) electrons. The first-order valence-corrected chi connectivity index (χ1v) is 19.0. The van der Waals surface area contributed by atoms with Crippen LogP contribution in [-0.2, 0) is 47.2 Å². The second kappa shape index (κ2) is 14.2. The van der Waals surface area contributed by atoms with Crippen LogP contribution in [0, 0.1) is 29.4 Å². The number of alkyl halides is 2. The number of aromatic nitrogens is 5. The molecule has 0 saturated heterocycles. The zero-order valence-electron chi connectivity index (χ0n) is 29.4. The summed E-state index contributed by atoms with van der Waals surface area (Å²) in [6, 6.07) is 7.93. The van der Waals surface area contributed by atoms with Crippen molar-refractivity contribution in [1.29, 1.82) is 0 Å². The predicted molar refractivity (Wildman–Crippen MR) is 196 cm³/mol. The van der Waals surface area contributed by atoms with E-state index in [4.69, 9.17) is 28.2 Å². The molecular formula is C36H33Cl2F4N7O4S. The molecule has 0 bridgehead atoms. The van der Waals surface area contributed by atoms with Gasteiger partial charge < -0.3 is 10.4 Å². The Morgan fingerprint density at radius 3 is 2.43 bits per heavy atom. The van der Waals surface area contributed by atoms with Crippen LogP contribution >= 0.6 is 23.2 Å². The zero-order chi connectivity index (χ0) is 39.5. The molecule has 2 aromatic carbocycles. The van der Waals surface area contributed by atoms with Gasteiger partial charge in [-0.3, -0.25) is 18.9 Å². The van der Waals surface area contributed by atoms with E-state index in [2.05, 4.69) is 32.1 Å². The number of hydrogen-bond donors (Lipinski definition) is 3. The molecule has 11 nitrogen and oxygen atoms in total. The summed E-state index contributed by atoms with van der Waals surface area (Å²) >= 11 is 12.8. The van der Waals surface area contributed by atoms with Crippen LogP contribution in [0.25, 0.3) is 22.0 Å². The monoisotopic (exact) mass is 805 g/mol. The highest BCUT2D eigenvalue weighted by atomic mass is 35.5. The van der Waals surface area contributed by atoms with Crippen LogP contribution in [0.1, 0.15) is 55.0 Å². The van der Waals surface area contributed by atoms with Gasteiger partial charge in [-0.05, 0) is 68.5 Å². The van der Waals surface area contributed by atoms with Gasteiger partial charge in [-0.25, -0.2) is 22.2 Å². The minimum absolute atomic E-state index is 0.0344. The van der Waals surface area contributed by atoms with Crippen molar-refractivity contribution in [1.82, 2.24) is 29.9 Å². The highest BCUT2D eigenvalue weighted by molar-refractivity contribution is 7.92. The smallest absolute Gasteiger partial charge is 0.292 e. The van der Waals surface area contributed by atoms with Crippen molar-refractivity contribution in [3.05, 3.63) is 92.5 Å². The Morgan fingerprint density at radius 2 is 1.78 bits per heavy atom. The van der Waals surface area contributed by atoms with Crippen LogP contribution in [0.4, 0.5) is 23.4 Å². The molecule has 6 rings (SSSR count). The van der Waals surface area contributed by atoms with Crippen molar-refractivity contribution in [2.24, 2.45) is 13.0 Å². The highest BCUT2D eigenvalue weighted by Gasteiger charge is 2.50. The molecule has 2 atom stereocenters. The van der Waals surface area contributed by atoms with Crippen molar-refractivity contribution in [2.75, 3.05) is 11.0 Å². The first kappa shape index (κ1) is 39.0. The van der Waals surface area contributed by atoms with Gasteiger partial charge in [-0.15, -0.1) is 0 Å². The normalized spacial score (nSPS) is 15.8. The maximum absolute atomic E-state index is 15.3. The van der Waals surface area contributed by atoms with Crippen LogP contribution < -0.4 is 10.0 Å². The lowest BCUT2D eigenvalue weighted by Gasteiger charge is -2.23. The van der Waals surface area contributed by atoms with Crippen LogP contribution in [0.5, 0.6) is 0 Å². The number of aliphatic hydroxyl groups is 1. The number of anilines is 1. The Labute approximate surface area is 317 Å². The molecule has 1 aliphatic rings. The summed E-state index contributed by atoms with van der Waals surface area (Å²) in [5.74, 6) is -1.56. The number of pyridine rings is 1. The third kappa shape index (κ3) is 8.04. The van der Waals surface area contributed by atoms with E-state index in [0.29, 0.717) is 22.7 Å². The fourth-order valence-corrected chi connectivity index (χ4v) is 7.45. The largest absolute Gasteiger partial charge is 0.378 e. The number of carbonyl (C=O) groups is 1. The second-order valence-corrected chi connectivity index (χ2v) is 16.2. The Morgan fingerprint density at radius 1 is 1.11 bits per heavy atom. The fourth-order valence-electron chi connectivity index (χ4n) is 6.46. The lowest BCUT2D eigenvalue weighted by atomic mass is 9.93. The van der Waals surface area contributed by atoms with Crippen molar-refractivity contribution in [2.45, 2.75) is 57.7 Å². The first-order valence-electron chi connectivity index (χ1n) is 16.4. The molecule has 0 fully saturated rings. The van der Waals surface area contributed by atoms with E-state index in [1.165, 1.54) is 31.5 Å². The summed E-state index contributed by atoms with van der Waals surface area (Å²) in [5, 5.41) is 21.7. The molecule has 0 saturated carbocycles. The van der Waals surface area contributed by atoms with Gasteiger partial charge >= 0.3 is 0 Å². The molecule has 5 aromatic rings. The lowest BCUT2D eigenvalue weighted by Crippen LogP contribution is -2.35. The topological polar surface area (TPSA) is 144 Å². The summed E-state index contributed by atoms with van der Waals surface area (Å²) in [4.78, 5) is 18.6. The second-order valence-electron chi connectivity index (χ2n) is 13.7. The molecule has 284 valence electrons. The lowest BCUT2D eigenvalue weighted by molar-refractivity contribution is -0.123. The number of sulfonamides is 1. The van der Waals surface area contributed by atoms with E-state index in [1.807, 2.05) is 0 Å². The van der Waals surface area contributed by atoms with E-state index in [1.54, 1.807) is 25.2 Å². The number of halogens is 6. The van der Waals surface area contributed by atoms with Crippen molar-refractivity contribution in [3.8, 4) is 23.0 Å². The van der Waals surface area contributed by atoms with Crippen LogP contribution in [-0.4, -0.2) is 55.8 Å². The number of benzene rings is 2. The van der Waals surface area contributed by atoms with E-state index >= 15 is 8.78 Å². The number of hydrogen-bond acceptors (Lipinski definition) is 7. The molecule has 0 spiro atoms. The zero-order valence-corrected chi connectivity index (χ0v) is 31.7. The molecular weight excluding hydrogens is 773 g/mol. The Hall–Kier alpha value is -4.69. The third-order valence-corrected chi connectivity index (χ3v) is 9.88. The molecule has 18 heteroatoms. The Bertz CT molecular complexity index is 2490. The SMILES string of the molecule is C[C@@H]1Cc2c(Cl)nn(CC(=O)N[C@@H](Cc3cc(F)cc(F)c3)c3nc(C#CC(C)(C)O)ccc3-c3ccc(Cl)c4c(NS(C)(=O)=O)nn(C)c34)c2C1(F)F. The van der Waals surface area contributed by atoms with Gasteiger partial charge in [0.1, 0.15) is 35.2 Å². The van der Waals surface area contributed by atoms with Gasteiger partial charge in [-0.2, -0.15) is 19.0 Å². The third-order valence-electron chi connectivity index (χ3n) is 8.70. The van der Waals surface area contributed by atoms with Crippen LogP contribution in [0.2, 0.25) is 10.2 Å². The highest BCUT2D eigenvalue weighted by Crippen LogP contribution is 2.48. The number of fused-ring (bicyclic) bond motifs is 2. The summed E-state index contributed by atoms with van der Waals surface area (Å²) in [6.45, 7) is 3.61. The molecule has 1 amide bonds. The molecule has 0 aliphatic heterocycles. The van der Waals surface area contributed by atoms with E-state index in [0.717, 1.165) is 23.1 Å². The quantitative estimate of drug-likeness (QED) is 0.117. The van der Waals surface area contributed by atoms with Gasteiger partial charge in [0, 0.05) is 35.7 Å². The number of carbonyl (C=O) groups excluding carboxylic acids is 1. The summed E-state index contributed by atoms with van der Waals surface area (Å²) < 4.78 is 88.6. The van der Waals surface area contributed by atoms with E-state index in [-0.39, 0.29) is 56.7 Å². The Balaban J connectivity index is 1.53. The summed E-state index contributed by atoms with van der Waals surface area (Å²) in [5.41, 5.74) is -0.284. The van der Waals surface area contributed by atoms with Crippen molar-refractivity contribution >= 4 is 55.9 Å². The maximum Gasteiger partial charge on any atom is 0.292 e. The molecule has 3 N–H and O–H groups in total. The van der Waals surface area contributed by atoms with Crippen molar-refractivity contribution < 1.29 is 35.9 Å². The molecule has 0 unspecified atom stereocenters. The van der Waals surface area contributed by atoms with Gasteiger partial charge in [0.15, 0.2) is 11.0 Å². The molecule has 3 heterocycles. The molecule has 3 aromatic heterocycles. The number of aryl methyl sites for hydroxylation is 1. The number of amides is 1. The average molecular weight is 807 g/mol. The number of rotatable bonds is 9. The van der Waals surface area contributed by atoms with Crippen LogP contribution in [0.3, 0.4) is 0 Å². The van der Waals surface area contributed by atoms with Crippen molar-refractivity contribution in [3.63, 3.8) is 0 Å². The first-order chi connectivity index (χ1) is 25.1. The molecule has 54 heavy (non-hydrogen) atoms. The average Bonchev–Trinajstić information content (AvgIpc) is 3.62. The number of nitrogens with one attached hydrogen (secondary N) is 2. The van der Waals surface area contributed by atoms with Gasteiger partial charge in [0.2, 0.25) is 15.9 Å². The van der Waals surface area contributed by atoms with E-state index < -0.39 is 63.3 Å². The summed E-state index contributed by atoms with van der Waals surface area (Å²) in [7, 11) is -2.23. The minimum Gasteiger partial charge on any atom is -0.378 e. The van der Waals surface area contributed by atoms with Gasteiger partial charge in [0.05, 0.1) is 33.9 Å². The van der Waals surface area contributed by atoms with Gasteiger partial charge in [0.25, 0.3) is 5.92 Å².